The molecule has 2 nitrogen and oxygen atoms in total. The quantitative estimate of drug-likeness (QED) is 0.796. The molecule has 0 bridgehead atoms. The van der Waals surface area contributed by atoms with Crippen LogP contribution in [-0.4, -0.2) is 28.7 Å². The van der Waals surface area contributed by atoms with E-state index in [1.54, 1.807) is 0 Å². The Bertz CT molecular complexity index is 341. The van der Waals surface area contributed by atoms with Crippen molar-refractivity contribution >= 4 is 0 Å². The molecule has 0 aromatic heterocycles. The number of benzene rings is 1. The van der Waals surface area contributed by atoms with E-state index >= 15 is 0 Å². The minimum absolute atomic E-state index is 0.591. The number of hydrogen-bond acceptors (Lipinski definition) is 2. The summed E-state index contributed by atoms with van der Waals surface area (Å²) >= 11 is 0. The zero-order valence-electron chi connectivity index (χ0n) is 9.53. The molecule has 1 N–H and O–H groups in total. The van der Waals surface area contributed by atoms with Crippen LogP contribution in [0, 0.1) is 0 Å². The van der Waals surface area contributed by atoms with Crippen LogP contribution in [-0.2, 0) is 13.0 Å². The van der Waals surface area contributed by atoms with Gasteiger partial charge in [-0.1, -0.05) is 24.3 Å². The molecular weight excluding hydrogens is 186 g/mol. The Morgan fingerprint density at radius 1 is 1.27 bits per heavy atom. The molecule has 1 aromatic carbocycles. The zero-order valence-corrected chi connectivity index (χ0v) is 9.53. The van der Waals surface area contributed by atoms with E-state index in [1.165, 1.54) is 11.1 Å². The van der Waals surface area contributed by atoms with E-state index in [4.69, 9.17) is 0 Å². The summed E-state index contributed by atoms with van der Waals surface area (Å²) < 4.78 is 0. The van der Waals surface area contributed by atoms with E-state index in [0.29, 0.717) is 0 Å². The molecule has 1 heterocycles. The van der Waals surface area contributed by atoms with Gasteiger partial charge in [-0.3, -0.25) is 4.90 Å². The van der Waals surface area contributed by atoms with Crippen molar-refractivity contribution < 1.29 is 5.11 Å². The minimum Gasteiger partial charge on any atom is -0.389 e. The summed E-state index contributed by atoms with van der Waals surface area (Å²) in [6.07, 6.45) is 1.10. The first-order chi connectivity index (χ1) is 7.04. The van der Waals surface area contributed by atoms with Crippen molar-refractivity contribution in [1.29, 1.82) is 0 Å². The fraction of sp³-hybridized carbons (Fsp3) is 0.538. The molecule has 2 heteroatoms. The summed E-state index contributed by atoms with van der Waals surface area (Å²) in [5.74, 6) is 0. The average molecular weight is 205 g/mol. The highest BCUT2D eigenvalue weighted by Crippen LogP contribution is 2.19. The normalized spacial score (nSPS) is 17.5. The van der Waals surface area contributed by atoms with Gasteiger partial charge in [-0.2, -0.15) is 0 Å². The van der Waals surface area contributed by atoms with Crippen molar-refractivity contribution in [3.63, 3.8) is 0 Å². The summed E-state index contributed by atoms with van der Waals surface area (Å²) in [6, 6.07) is 8.58. The molecule has 1 aliphatic rings. The van der Waals surface area contributed by atoms with Crippen LogP contribution in [0.1, 0.15) is 25.0 Å². The van der Waals surface area contributed by atoms with Crippen LogP contribution in [0.2, 0.25) is 0 Å². The highest BCUT2D eigenvalue weighted by Gasteiger charge is 2.21. The lowest BCUT2D eigenvalue weighted by Crippen LogP contribution is -2.41. The first-order valence-corrected chi connectivity index (χ1v) is 5.56. The Kier molecular flexibility index (Phi) is 2.81. The van der Waals surface area contributed by atoms with E-state index in [1.807, 2.05) is 13.8 Å². The molecule has 0 radical (unpaired) electrons. The first kappa shape index (κ1) is 10.7. The number of aliphatic hydroxyl groups is 1. The van der Waals surface area contributed by atoms with Gasteiger partial charge in [-0.05, 0) is 31.4 Å². The van der Waals surface area contributed by atoms with E-state index in [9.17, 15) is 5.11 Å². The molecular formula is C13H19NO. The fourth-order valence-corrected chi connectivity index (χ4v) is 2.24. The Morgan fingerprint density at radius 2 is 1.93 bits per heavy atom. The number of hydrogen-bond donors (Lipinski definition) is 1. The highest BCUT2D eigenvalue weighted by molar-refractivity contribution is 5.29. The van der Waals surface area contributed by atoms with Gasteiger partial charge in [0, 0.05) is 19.6 Å². The maximum atomic E-state index is 9.78. The first-order valence-electron chi connectivity index (χ1n) is 5.56. The van der Waals surface area contributed by atoms with E-state index in [2.05, 4.69) is 29.2 Å². The molecule has 2 rings (SSSR count). The van der Waals surface area contributed by atoms with Crippen molar-refractivity contribution in [3.8, 4) is 0 Å². The van der Waals surface area contributed by atoms with Crippen LogP contribution >= 0.6 is 0 Å². The SMILES string of the molecule is CC(C)(O)CN1CCc2ccccc2C1. The molecule has 0 aliphatic carbocycles. The lowest BCUT2D eigenvalue weighted by Gasteiger charge is -2.33. The summed E-state index contributed by atoms with van der Waals surface area (Å²) in [6.45, 7) is 6.52. The number of fused-ring (bicyclic) bond motifs is 1. The Balaban J connectivity index is 2.06. The molecule has 0 atom stereocenters. The third kappa shape index (κ3) is 2.80. The third-order valence-corrected chi connectivity index (χ3v) is 2.82. The van der Waals surface area contributed by atoms with Gasteiger partial charge >= 0.3 is 0 Å². The molecule has 0 amide bonds. The van der Waals surface area contributed by atoms with Gasteiger partial charge in [0.05, 0.1) is 5.60 Å². The maximum absolute atomic E-state index is 9.78. The summed E-state index contributed by atoms with van der Waals surface area (Å²) in [5.41, 5.74) is 2.28. The van der Waals surface area contributed by atoms with Gasteiger partial charge in [0.15, 0.2) is 0 Å². The van der Waals surface area contributed by atoms with Crippen LogP contribution in [0.25, 0.3) is 0 Å². The molecule has 1 aliphatic heterocycles. The van der Waals surface area contributed by atoms with Gasteiger partial charge in [-0.15, -0.1) is 0 Å². The largest absolute Gasteiger partial charge is 0.389 e. The predicted octanol–water partition coefficient (Wildman–Crippen LogP) is 1.82. The van der Waals surface area contributed by atoms with Gasteiger partial charge in [-0.25, -0.2) is 0 Å². The molecule has 0 saturated heterocycles. The monoisotopic (exact) mass is 205 g/mol. The number of β-amino-alcohol motifs (C(OH)–C–C–N with tert-alkyl or cyclic N) is 1. The Morgan fingerprint density at radius 3 is 2.60 bits per heavy atom. The highest BCUT2D eigenvalue weighted by atomic mass is 16.3. The summed E-state index contributed by atoms with van der Waals surface area (Å²) in [7, 11) is 0. The summed E-state index contributed by atoms with van der Waals surface area (Å²) in [5, 5.41) is 9.78. The second-order valence-electron chi connectivity index (χ2n) is 5.04. The second-order valence-corrected chi connectivity index (χ2v) is 5.04. The van der Waals surface area contributed by atoms with Crippen LogP contribution in [0.4, 0.5) is 0 Å². The Labute approximate surface area is 91.5 Å². The van der Waals surface area contributed by atoms with Crippen LogP contribution in [0.15, 0.2) is 24.3 Å². The van der Waals surface area contributed by atoms with Crippen molar-refractivity contribution in [1.82, 2.24) is 4.90 Å². The van der Waals surface area contributed by atoms with Crippen molar-refractivity contribution in [2.45, 2.75) is 32.4 Å². The molecule has 15 heavy (non-hydrogen) atoms. The van der Waals surface area contributed by atoms with Gasteiger partial charge in [0.2, 0.25) is 0 Å². The summed E-state index contributed by atoms with van der Waals surface area (Å²) in [4.78, 5) is 2.32. The average Bonchev–Trinajstić information content (AvgIpc) is 2.15. The van der Waals surface area contributed by atoms with Gasteiger partial charge in [0.1, 0.15) is 0 Å². The standard InChI is InChI=1S/C13H19NO/c1-13(2,15)10-14-8-7-11-5-3-4-6-12(11)9-14/h3-6,15H,7-10H2,1-2H3. The van der Waals surface area contributed by atoms with Crippen molar-refractivity contribution in [2.75, 3.05) is 13.1 Å². The van der Waals surface area contributed by atoms with Crippen LogP contribution < -0.4 is 0 Å². The minimum atomic E-state index is -0.591. The topological polar surface area (TPSA) is 23.5 Å². The predicted molar refractivity (Wildman–Crippen MR) is 61.7 cm³/mol. The molecule has 82 valence electrons. The maximum Gasteiger partial charge on any atom is 0.0718 e. The molecule has 0 saturated carbocycles. The van der Waals surface area contributed by atoms with Gasteiger partial charge in [0.25, 0.3) is 0 Å². The number of nitrogens with zero attached hydrogens (tertiary/aromatic N) is 1. The van der Waals surface area contributed by atoms with E-state index in [0.717, 1.165) is 26.1 Å². The zero-order chi connectivity index (χ0) is 10.9. The smallest absolute Gasteiger partial charge is 0.0718 e. The number of rotatable bonds is 2. The Hall–Kier alpha value is -0.860. The second kappa shape index (κ2) is 3.95. The van der Waals surface area contributed by atoms with E-state index in [-0.39, 0.29) is 0 Å². The molecule has 0 spiro atoms. The lowest BCUT2D eigenvalue weighted by atomic mass is 9.98. The van der Waals surface area contributed by atoms with Crippen molar-refractivity contribution in [2.24, 2.45) is 0 Å². The molecule has 0 fully saturated rings. The fourth-order valence-electron chi connectivity index (χ4n) is 2.24. The van der Waals surface area contributed by atoms with Gasteiger partial charge < -0.3 is 5.11 Å². The molecule has 0 unspecified atom stereocenters. The lowest BCUT2D eigenvalue weighted by molar-refractivity contribution is 0.0318. The van der Waals surface area contributed by atoms with Crippen LogP contribution in [0.5, 0.6) is 0 Å². The van der Waals surface area contributed by atoms with E-state index < -0.39 is 5.60 Å². The third-order valence-electron chi connectivity index (χ3n) is 2.82. The molecule has 1 aromatic rings. The van der Waals surface area contributed by atoms with Crippen molar-refractivity contribution in [3.05, 3.63) is 35.4 Å². The van der Waals surface area contributed by atoms with Crippen LogP contribution in [0.3, 0.4) is 0 Å².